The van der Waals surface area contributed by atoms with Gasteiger partial charge in [0.05, 0.1) is 12.4 Å². The van der Waals surface area contributed by atoms with Crippen molar-refractivity contribution in [3.05, 3.63) is 48.3 Å². The topological polar surface area (TPSA) is 57.0 Å². The van der Waals surface area contributed by atoms with E-state index in [0.29, 0.717) is 0 Å². The minimum Gasteiger partial charge on any atom is -0.443 e. The highest BCUT2D eigenvalue weighted by Crippen LogP contribution is 2.01. The first-order valence-corrected chi connectivity index (χ1v) is 4.43. The van der Waals surface area contributed by atoms with E-state index >= 15 is 0 Å². The number of hydrogen-bond donors (Lipinski definition) is 0. The minimum atomic E-state index is -0.531. The lowest BCUT2D eigenvalue weighted by molar-refractivity contribution is 0.137. The third-order valence-electron chi connectivity index (χ3n) is 1.81. The molecule has 0 atom stereocenters. The minimum absolute atomic E-state index is 0.236. The van der Waals surface area contributed by atoms with Crippen LogP contribution in [0, 0.1) is 0 Å². The molecule has 0 saturated carbocycles. The predicted molar refractivity (Wildman–Crippen MR) is 52.0 cm³/mol. The number of carbonyl (C=O) groups excluding carboxylic acids is 1. The molecule has 0 bridgehead atoms. The molecule has 15 heavy (non-hydrogen) atoms. The SMILES string of the molecule is O=C(OCc1ccccc1)n1ccnn1. The van der Waals surface area contributed by atoms with Crippen LogP contribution in [0.4, 0.5) is 4.79 Å². The van der Waals surface area contributed by atoms with Crippen LogP contribution in [0.3, 0.4) is 0 Å². The normalized spacial score (nSPS) is 9.87. The second-order valence-corrected chi connectivity index (χ2v) is 2.89. The molecule has 0 saturated heterocycles. The summed E-state index contributed by atoms with van der Waals surface area (Å²) in [6, 6.07) is 9.45. The molecule has 0 N–H and O–H groups in total. The van der Waals surface area contributed by atoms with Gasteiger partial charge in [0.15, 0.2) is 0 Å². The Morgan fingerprint density at radius 1 is 1.33 bits per heavy atom. The van der Waals surface area contributed by atoms with Gasteiger partial charge in [-0.2, -0.15) is 4.68 Å². The molecule has 2 rings (SSSR count). The molecule has 2 aromatic rings. The van der Waals surface area contributed by atoms with Crippen molar-refractivity contribution in [2.24, 2.45) is 0 Å². The first-order valence-electron chi connectivity index (χ1n) is 4.43. The van der Waals surface area contributed by atoms with Crippen LogP contribution in [-0.2, 0) is 11.3 Å². The summed E-state index contributed by atoms with van der Waals surface area (Å²) >= 11 is 0. The summed E-state index contributed by atoms with van der Waals surface area (Å²) in [6.07, 6.45) is 2.33. The summed E-state index contributed by atoms with van der Waals surface area (Å²) in [5.74, 6) is 0. The van der Waals surface area contributed by atoms with E-state index < -0.39 is 6.09 Å². The first-order chi connectivity index (χ1) is 7.36. The molecule has 0 aliphatic rings. The maximum atomic E-state index is 11.3. The zero-order chi connectivity index (χ0) is 10.5. The third kappa shape index (κ3) is 2.40. The van der Waals surface area contributed by atoms with E-state index in [1.54, 1.807) is 0 Å². The molecule has 5 nitrogen and oxygen atoms in total. The number of ether oxygens (including phenoxy) is 1. The molecule has 0 radical (unpaired) electrons. The average molecular weight is 203 g/mol. The van der Waals surface area contributed by atoms with Crippen LogP contribution in [0.5, 0.6) is 0 Å². The van der Waals surface area contributed by atoms with Gasteiger partial charge in [-0.25, -0.2) is 4.79 Å². The third-order valence-corrected chi connectivity index (χ3v) is 1.81. The van der Waals surface area contributed by atoms with Crippen LogP contribution < -0.4 is 0 Å². The van der Waals surface area contributed by atoms with Gasteiger partial charge in [0.2, 0.25) is 0 Å². The second kappa shape index (κ2) is 4.36. The van der Waals surface area contributed by atoms with Gasteiger partial charge >= 0.3 is 6.09 Å². The van der Waals surface area contributed by atoms with Crippen molar-refractivity contribution in [3.63, 3.8) is 0 Å². The Balaban J connectivity index is 1.92. The lowest BCUT2D eigenvalue weighted by Gasteiger charge is -2.02. The molecule has 76 valence electrons. The van der Waals surface area contributed by atoms with Gasteiger partial charge in [0, 0.05) is 0 Å². The summed E-state index contributed by atoms with van der Waals surface area (Å²) < 4.78 is 6.04. The lowest BCUT2D eigenvalue weighted by Crippen LogP contribution is -2.14. The van der Waals surface area contributed by atoms with E-state index in [4.69, 9.17) is 4.74 Å². The van der Waals surface area contributed by atoms with Gasteiger partial charge in [-0.3, -0.25) is 0 Å². The maximum Gasteiger partial charge on any atom is 0.436 e. The van der Waals surface area contributed by atoms with Crippen LogP contribution in [0.2, 0.25) is 0 Å². The fourth-order valence-corrected chi connectivity index (χ4v) is 1.09. The molecule has 5 heteroatoms. The summed E-state index contributed by atoms with van der Waals surface area (Å²) in [5, 5.41) is 7.03. The summed E-state index contributed by atoms with van der Waals surface area (Å²) in [7, 11) is 0. The maximum absolute atomic E-state index is 11.3. The average Bonchev–Trinajstić information content (AvgIpc) is 2.81. The molecule has 0 fully saturated rings. The number of benzene rings is 1. The largest absolute Gasteiger partial charge is 0.443 e. The number of carbonyl (C=O) groups is 1. The van der Waals surface area contributed by atoms with Crippen LogP contribution >= 0.6 is 0 Å². The van der Waals surface area contributed by atoms with Crippen molar-refractivity contribution in [3.8, 4) is 0 Å². The predicted octanol–water partition coefficient (Wildman–Crippen LogP) is 1.46. The number of hydrogen-bond acceptors (Lipinski definition) is 4. The molecular formula is C10H9N3O2. The second-order valence-electron chi connectivity index (χ2n) is 2.89. The fourth-order valence-electron chi connectivity index (χ4n) is 1.09. The van der Waals surface area contributed by atoms with Crippen LogP contribution in [0.15, 0.2) is 42.7 Å². The van der Waals surface area contributed by atoms with E-state index in [0.717, 1.165) is 10.2 Å². The summed E-state index contributed by atoms with van der Waals surface area (Å²) in [4.78, 5) is 11.3. The molecule has 0 aliphatic heterocycles. The van der Waals surface area contributed by atoms with Crippen LogP contribution in [0.1, 0.15) is 5.56 Å². The smallest absolute Gasteiger partial charge is 0.436 e. The van der Waals surface area contributed by atoms with Gasteiger partial charge in [-0.15, -0.1) is 5.10 Å². The molecule has 0 amide bonds. The number of nitrogens with zero attached hydrogens (tertiary/aromatic N) is 3. The Morgan fingerprint density at radius 2 is 2.13 bits per heavy atom. The van der Waals surface area contributed by atoms with Gasteiger partial charge in [0.25, 0.3) is 0 Å². The van der Waals surface area contributed by atoms with Gasteiger partial charge in [0.1, 0.15) is 6.61 Å². The molecule has 1 aromatic carbocycles. The Hall–Kier alpha value is -2.17. The van der Waals surface area contributed by atoms with Crippen molar-refractivity contribution in [1.29, 1.82) is 0 Å². The Kier molecular flexibility index (Phi) is 2.73. The highest BCUT2D eigenvalue weighted by atomic mass is 16.6. The lowest BCUT2D eigenvalue weighted by atomic mass is 10.2. The molecule has 0 spiro atoms. The van der Waals surface area contributed by atoms with Crippen molar-refractivity contribution in [2.45, 2.75) is 6.61 Å². The molecule has 0 unspecified atom stereocenters. The van der Waals surface area contributed by atoms with Gasteiger partial charge < -0.3 is 4.74 Å². The molecule has 1 heterocycles. The number of aromatic nitrogens is 3. The van der Waals surface area contributed by atoms with Crippen molar-refractivity contribution < 1.29 is 9.53 Å². The Labute approximate surface area is 86.3 Å². The van der Waals surface area contributed by atoms with E-state index in [1.165, 1.54) is 12.4 Å². The first kappa shape index (κ1) is 9.39. The zero-order valence-corrected chi connectivity index (χ0v) is 7.91. The van der Waals surface area contributed by atoms with Crippen molar-refractivity contribution >= 4 is 6.09 Å². The summed E-state index contributed by atoms with van der Waals surface area (Å²) in [5.41, 5.74) is 0.936. The van der Waals surface area contributed by atoms with E-state index in [-0.39, 0.29) is 6.61 Å². The van der Waals surface area contributed by atoms with Gasteiger partial charge in [-0.05, 0) is 5.56 Å². The molecule has 0 aliphatic carbocycles. The van der Waals surface area contributed by atoms with Gasteiger partial charge in [-0.1, -0.05) is 35.5 Å². The zero-order valence-electron chi connectivity index (χ0n) is 7.91. The Bertz CT molecular complexity index is 425. The summed E-state index contributed by atoms with van der Waals surface area (Å²) in [6.45, 7) is 0.236. The molecular weight excluding hydrogens is 194 g/mol. The standard InChI is InChI=1S/C10H9N3O2/c14-10(13-7-6-11-12-13)15-8-9-4-2-1-3-5-9/h1-7H,8H2. The van der Waals surface area contributed by atoms with E-state index in [9.17, 15) is 4.79 Å². The Morgan fingerprint density at radius 3 is 2.80 bits per heavy atom. The highest BCUT2D eigenvalue weighted by Gasteiger charge is 2.05. The number of rotatable bonds is 2. The van der Waals surface area contributed by atoms with Crippen molar-refractivity contribution in [2.75, 3.05) is 0 Å². The van der Waals surface area contributed by atoms with Crippen LogP contribution in [-0.4, -0.2) is 21.1 Å². The fraction of sp³-hybridized carbons (Fsp3) is 0.100. The van der Waals surface area contributed by atoms with E-state index in [1.807, 2.05) is 30.3 Å². The molecule has 1 aromatic heterocycles. The highest BCUT2D eigenvalue weighted by molar-refractivity contribution is 5.68. The monoisotopic (exact) mass is 203 g/mol. The quantitative estimate of drug-likeness (QED) is 0.741. The van der Waals surface area contributed by atoms with E-state index in [2.05, 4.69) is 10.3 Å². The van der Waals surface area contributed by atoms with Crippen LogP contribution in [0.25, 0.3) is 0 Å². The van der Waals surface area contributed by atoms with Crippen molar-refractivity contribution in [1.82, 2.24) is 15.0 Å².